The monoisotopic (exact) mass is 410 g/mol. The number of likely N-dealkylation sites (tertiary alicyclic amines) is 1. The number of hydrogen-bond donors (Lipinski definition) is 1. The van der Waals surface area contributed by atoms with Crippen molar-refractivity contribution in [1.29, 1.82) is 0 Å². The van der Waals surface area contributed by atoms with Crippen LogP contribution in [-0.2, 0) is 10.0 Å². The van der Waals surface area contributed by atoms with Gasteiger partial charge in [0.25, 0.3) is 5.69 Å². The van der Waals surface area contributed by atoms with E-state index in [2.05, 4.69) is 24.1 Å². The fourth-order valence-corrected chi connectivity index (χ4v) is 5.68. The molecule has 1 aromatic carbocycles. The summed E-state index contributed by atoms with van der Waals surface area (Å²) in [6.07, 6.45) is 5.24. The van der Waals surface area contributed by atoms with Gasteiger partial charge in [-0.3, -0.25) is 15.0 Å². The minimum absolute atomic E-state index is 0.00181. The zero-order chi connectivity index (χ0) is 20.4. The predicted octanol–water partition coefficient (Wildman–Crippen LogP) is 3.06. The molecule has 2 heterocycles. The van der Waals surface area contributed by atoms with Gasteiger partial charge in [0.2, 0.25) is 10.0 Å². The Kier molecular flexibility index (Phi) is 6.26. The lowest BCUT2D eigenvalue weighted by Gasteiger charge is -2.41. The molecular weight excluding hydrogens is 380 g/mol. The zero-order valence-electron chi connectivity index (χ0n) is 16.7. The summed E-state index contributed by atoms with van der Waals surface area (Å²) in [6, 6.07) is 4.07. The molecule has 0 aliphatic carbocycles. The molecular formula is C19H30N4O4S. The van der Waals surface area contributed by atoms with Crippen molar-refractivity contribution in [2.24, 2.45) is 0 Å². The first kappa shape index (κ1) is 21.0. The first-order valence-electron chi connectivity index (χ1n) is 9.99. The molecule has 8 nitrogen and oxygen atoms in total. The normalized spacial score (nSPS) is 19.6. The number of nitro groups is 1. The second kappa shape index (κ2) is 8.34. The lowest BCUT2D eigenvalue weighted by atomic mass is 9.98. The van der Waals surface area contributed by atoms with E-state index in [1.165, 1.54) is 41.8 Å². The molecule has 0 amide bonds. The summed E-state index contributed by atoms with van der Waals surface area (Å²) < 4.78 is 27.6. The van der Waals surface area contributed by atoms with Crippen molar-refractivity contribution >= 4 is 21.4 Å². The summed E-state index contributed by atoms with van der Waals surface area (Å²) in [6.45, 7) is 7.85. The molecule has 156 valence electrons. The van der Waals surface area contributed by atoms with Crippen molar-refractivity contribution in [1.82, 2.24) is 9.21 Å². The second-order valence-corrected chi connectivity index (χ2v) is 10.2. The van der Waals surface area contributed by atoms with Gasteiger partial charge in [-0.25, -0.2) is 8.42 Å². The van der Waals surface area contributed by atoms with Crippen molar-refractivity contribution in [3.05, 3.63) is 28.3 Å². The maximum absolute atomic E-state index is 13.1. The lowest BCUT2D eigenvalue weighted by Crippen LogP contribution is -2.50. The number of rotatable bonds is 7. The number of nitro benzene ring substituents is 1. The standard InChI is InChI=1S/C19H30N4O4S/c1-19(2,21-10-4-3-5-11-21)15-20-17-9-8-16(23(24)25)14-18(17)28(26,27)22-12-6-7-13-22/h8-9,14,20H,3-7,10-13,15H2,1-2H3. The van der Waals surface area contributed by atoms with E-state index in [9.17, 15) is 18.5 Å². The van der Waals surface area contributed by atoms with E-state index in [-0.39, 0.29) is 16.1 Å². The highest BCUT2D eigenvalue weighted by Gasteiger charge is 2.32. The van der Waals surface area contributed by atoms with Crippen LogP contribution in [0.15, 0.2) is 23.1 Å². The van der Waals surface area contributed by atoms with Gasteiger partial charge in [-0.05, 0) is 58.7 Å². The average Bonchev–Trinajstić information content (AvgIpc) is 3.22. The van der Waals surface area contributed by atoms with Crippen LogP contribution >= 0.6 is 0 Å². The number of nitrogens with one attached hydrogen (secondary N) is 1. The Hall–Kier alpha value is -1.71. The third-order valence-corrected chi connectivity index (χ3v) is 7.72. The van der Waals surface area contributed by atoms with Gasteiger partial charge in [0.05, 0.1) is 10.6 Å². The van der Waals surface area contributed by atoms with Crippen molar-refractivity contribution < 1.29 is 13.3 Å². The fraction of sp³-hybridized carbons (Fsp3) is 0.684. The van der Waals surface area contributed by atoms with Crippen LogP contribution in [0.5, 0.6) is 0 Å². The molecule has 0 bridgehead atoms. The molecule has 2 fully saturated rings. The molecule has 0 radical (unpaired) electrons. The van der Waals surface area contributed by atoms with Gasteiger partial charge in [0.1, 0.15) is 4.90 Å². The number of hydrogen-bond acceptors (Lipinski definition) is 6. The SMILES string of the molecule is CC(C)(CNc1ccc([N+](=O)[O-])cc1S(=O)(=O)N1CCCC1)N1CCCCC1. The molecule has 1 aromatic rings. The molecule has 28 heavy (non-hydrogen) atoms. The summed E-state index contributed by atoms with van der Waals surface area (Å²) >= 11 is 0. The summed E-state index contributed by atoms with van der Waals surface area (Å²) in [4.78, 5) is 13.1. The summed E-state index contributed by atoms with van der Waals surface area (Å²) in [5.74, 6) is 0. The summed E-state index contributed by atoms with van der Waals surface area (Å²) in [5.41, 5.74) is 0.0813. The van der Waals surface area contributed by atoms with Crippen LogP contribution in [-0.4, -0.2) is 60.8 Å². The first-order valence-corrected chi connectivity index (χ1v) is 11.4. The third kappa shape index (κ3) is 4.47. The van der Waals surface area contributed by atoms with E-state index in [1.807, 2.05) is 0 Å². The minimum Gasteiger partial charge on any atom is -0.382 e. The minimum atomic E-state index is -3.77. The van der Waals surface area contributed by atoms with E-state index >= 15 is 0 Å². The zero-order valence-corrected chi connectivity index (χ0v) is 17.5. The van der Waals surface area contributed by atoms with Crippen LogP contribution in [0.3, 0.4) is 0 Å². The number of sulfonamides is 1. The average molecular weight is 411 g/mol. The Morgan fingerprint density at radius 1 is 1.07 bits per heavy atom. The van der Waals surface area contributed by atoms with Crippen molar-refractivity contribution in [3.63, 3.8) is 0 Å². The summed E-state index contributed by atoms with van der Waals surface area (Å²) in [7, 11) is -3.77. The van der Waals surface area contributed by atoms with Crippen LogP contribution in [0.1, 0.15) is 46.0 Å². The highest BCUT2D eigenvalue weighted by Crippen LogP contribution is 2.31. The molecule has 2 aliphatic rings. The highest BCUT2D eigenvalue weighted by atomic mass is 32.2. The predicted molar refractivity (Wildman–Crippen MR) is 109 cm³/mol. The molecule has 0 aromatic heterocycles. The van der Waals surface area contributed by atoms with E-state index in [0.717, 1.165) is 25.9 Å². The Balaban J connectivity index is 1.86. The van der Waals surface area contributed by atoms with E-state index in [4.69, 9.17) is 0 Å². The van der Waals surface area contributed by atoms with Crippen LogP contribution in [0.2, 0.25) is 0 Å². The molecule has 0 unspecified atom stereocenters. The number of nitrogens with zero attached hydrogens (tertiary/aromatic N) is 3. The highest BCUT2D eigenvalue weighted by molar-refractivity contribution is 7.89. The molecule has 0 atom stereocenters. The van der Waals surface area contributed by atoms with Gasteiger partial charge in [0.15, 0.2) is 0 Å². The Bertz CT molecular complexity index is 813. The van der Waals surface area contributed by atoms with Crippen LogP contribution in [0.4, 0.5) is 11.4 Å². The van der Waals surface area contributed by atoms with Gasteiger partial charge in [-0.15, -0.1) is 0 Å². The Morgan fingerprint density at radius 2 is 1.68 bits per heavy atom. The van der Waals surface area contributed by atoms with Gasteiger partial charge in [0, 0.05) is 37.3 Å². The molecule has 3 rings (SSSR count). The molecule has 1 N–H and O–H groups in total. The van der Waals surface area contributed by atoms with E-state index in [0.29, 0.717) is 25.3 Å². The smallest absolute Gasteiger partial charge is 0.270 e. The second-order valence-electron chi connectivity index (χ2n) is 8.26. The van der Waals surface area contributed by atoms with E-state index < -0.39 is 14.9 Å². The third-order valence-electron chi connectivity index (χ3n) is 5.78. The van der Waals surface area contributed by atoms with Crippen molar-refractivity contribution in [2.75, 3.05) is 38.0 Å². The molecule has 0 saturated carbocycles. The topological polar surface area (TPSA) is 95.8 Å². The number of anilines is 1. The summed E-state index contributed by atoms with van der Waals surface area (Å²) in [5, 5.41) is 14.5. The van der Waals surface area contributed by atoms with Gasteiger partial charge < -0.3 is 5.32 Å². The first-order chi connectivity index (χ1) is 13.2. The molecule has 2 saturated heterocycles. The molecule has 0 spiro atoms. The van der Waals surface area contributed by atoms with Crippen molar-refractivity contribution in [2.45, 2.75) is 56.4 Å². The maximum atomic E-state index is 13.1. The lowest BCUT2D eigenvalue weighted by molar-refractivity contribution is -0.385. The van der Waals surface area contributed by atoms with Crippen LogP contribution in [0, 0.1) is 10.1 Å². The van der Waals surface area contributed by atoms with Gasteiger partial charge in [-0.1, -0.05) is 6.42 Å². The van der Waals surface area contributed by atoms with E-state index in [1.54, 1.807) is 0 Å². The largest absolute Gasteiger partial charge is 0.382 e. The Morgan fingerprint density at radius 3 is 2.29 bits per heavy atom. The van der Waals surface area contributed by atoms with Crippen molar-refractivity contribution in [3.8, 4) is 0 Å². The quantitative estimate of drug-likeness (QED) is 0.548. The maximum Gasteiger partial charge on any atom is 0.270 e. The van der Waals surface area contributed by atoms with Crippen LogP contribution in [0.25, 0.3) is 0 Å². The van der Waals surface area contributed by atoms with Gasteiger partial charge >= 0.3 is 0 Å². The number of benzene rings is 1. The fourth-order valence-electron chi connectivity index (χ4n) is 3.97. The molecule has 2 aliphatic heterocycles. The number of piperidine rings is 1. The van der Waals surface area contributed by atoms with Gasteiger partial charge in [-0.2, -0.15) is 4.31 Å². The number of non-ortho nitro benzene ring substituents is 1. The molecule has 9 heteroatoms. The van der Waals surface area contributed by atoms with Crippen LogP contribution < -0.4 is 5.32 Å². The Labute approximate surface area is 167 Å².